The molecule has 0 aliphatic carbocycles. The SMILES string of the molecule is O=C([O-])c1ccc(COc2ccccc2Cl)o1. The van der Waals surface area contributed by atoms with Gasteiger partial charge in [0.25, 0.3) is 0 Å². The summed E-state index contributed by atoms with van der Waals surface area (Å²) in [6.07, 6.45) is 0. The van der Waals surface area contributed by atoms with Gasteiger partial charge in [0.2, 0.25) is 0 Å². The number of furan rings is 1. The molecule has 0 aliphatic rings. The van der Waals surface area contributed by atoms with Gasteiger partial charge >= 0.3 is 0 Å². The van der Waals surface area contributed by atoms with Gasteiger partial charge in [0.05, 0.1) is 5.02 Å². The molecule has 88 valence electrons. The van der Waals surface area contributed by atoms with Crippen molar-refractivity contribution in [1.82, 2.24) is 0 Å². The lowest BCUT2D eigenvalue weighted by Gasteiger charge is -2.05. The van der Waals surface area contributed by atoms with E-state index < -0.39 is 5.97 Å². The molecule has 1 aromatic carbocycles. The summed E-state index contributed by atoms with van der Waals surface area (Å²) in [7, 11) is 0. The lowest BCUT2D eigenvalue weighted by atomic mass is 10.3. The van der Waals surface area contributed by atoms with Crippen molar-refractivity contribution in [1.29, 1.82) is 0 Å². The summed E-state index contributed by atoms with van der Waals surface area (Å²) in [6.45, 7) is 0.108. The molecule has 0 saturated heterocycles. The van der Waals surface area contributed by atoms with Crippen molar-refractivity contribution in [3.63, 3.8) is 0 Å². The molecule has 0 atom stereocenters. The number of rotatable bonds is 4. The van der Waals surface area contributed by atoms with Crippen LogP contribution in [0.2, 0.25) is 5.02 Å². The van der Waals surface area contributed by atoms with Crippen molar-refractivity contribution >= 4 is 17.6 Å². The van der Waals surface area contributed by atoms with Crippen molar-refractivity contribution in [2.24, 2.45) is 0 Å². The molecule has 4 nitrogen and oxygen atoms in total. The Morgan fingerprint density at radius 3 is 2.71 bits per heavy atom. The standard InChI is InChI=1S/C12H9ClO4/c13-9-3-1-2-4-10(9)16-7-8-5-6-11(17-8)12(14)15/h1-6H,7H2,(H,14,15)/p-1. The third kappa shape index (κ3) is 2.79. The highest BCUT2D eigenvalue weighted by atomic mass is 35.5. The molecule has 2 aromatic rings. The number of benzene rings is 1. The van der Waals surface area contributed by atoms with Gasteiger partial charge in [0.1, 0.15) is 29.8 Å². The van der Waals surface area contributed by atoms with E-state index in [2.05, 4.69) is 0 Å². The number of para-hydroxylation sites is 1. The number of aromatic carboxylic acids is 1. The van der Waals surface area contributed by atoms with Crippen LogP contribution in [-0.4, -0.2) is 5.97 Å². The van der Waals surface area contributed by atoms with E-state index in [9.17, 15) is 9.90 Å². The lowest BCUT2D eigenvalue weighted by Crippen LogP contribution is -2.21. The van der Waals surface area contributed by atoms with E-state index in [1.54, 1.807) is 24.3 Å². The first-order valence-corrected chi connectivity index (χ1v) is 5.22. The van der Waals surface area contributed by atoms with Crippen LogP contribution >= 0.6 is 11.6 Å². The molecule has 1 aromatic heterocycles. The molecule has 0 radical (unpaired) electrons. The minimum atomic E-state index is -1.35. The molecule has 5 heteroatoms. The number of carboxylic acid groups (broad SMARTS) is 1. The van der Waals surface area contributed by atoms with Crippen LogP contribution in [0.4, 0.5) is 0 Å². The molecule has 0 N–H and O–H groups in total. The molecular weight excluding hydrogens is 244 g/mol. The average Bonchev–Trinajstić information content (AvgIpc) is 2.77. The molecule has 0 bridgehead atoms. The van der Waals surface area contributed by atoms with Crippen LogP contribution in [0.15, 0.2) is 40.8 Å². The third-order valence-corrected chi connectivity index (χ3v) is 2.38. The minimum Gasteiger partial charge on any atom is -0.542 e. The molecule has 0 spiro atoms. The molecule has 0 amide bonds. The Hall–Kier alpha value is -1.94. The van der Waals surface area contributed by atoms with E-state index in [0.29, 0.717) is 16.5 Å². The summed E-state index contributed by atoms with van der Waals surface area (Å²) >= 11 is 5.89. The number of ether oxygens (including phenoxy) is 1. The van der Waals surface area contributed by atoms with E-state index in [-0.39, 0.29) is 12.4 Å². The first-order valence-electron chi connectivity index (χ1n) is 4.84. The quantitative estimate of drug-likeness (QED) is 0.832. The molecule has 2 rings (SSSR count). The second kappa shape index (κ2) is 4.93. The van der Waals surface area contributed by atoms with Crippen molar-refractivity contribution in [2.75, 3.05) is 0 Å². The zero-order chi connectivity index (χ0) is 12.3. The fourth-order valence-electron chi connectivity index (χ4n) is 1.28. The van der Waals surface area contributed by atoms with Crippen LogP contribution in [-0.2, 0) is 6.61 Å². The van der Waals surface area contributed by atoms with Gasteiger partial charge in [-0.1, -0.05) is 23.7 Å². The Labute approximate surface area is 102 Å². The smallest absolute Gasteiger partial charge is 0.149 e. The summed E-state index contributed by atoms with van der Waals surface area (Å²) in [5.74, 6) is -0.665. The topological polar surface area (TPSA) is 62.5 Å². The van der Waals surface area contributed by atoms with E-state index in [4.69, 9.17) is 20.8 Å². The summed E-state index contributed by atoms with van der Waals surface area (Å²) in [5, 5.41) is 11.0. The summed E-state index contributed by atoms with van der Waals surface area (Å²) < 4.78 is 10.4. The number of carbonyl (C=O) groups is 1. The van der Waals surface area contributed by atoms with E-state index in [0.717, 1.165) is 0 Å². The zero-order valence-corrected chi connectivity index (χ0v) is 9.44. The Kier molecular flexibility index (Phi) is 3.35. The predicted octanol–water partition coefficient (Wildman–Crippen LogP) is 1.88. The number of halogens is 1. The molecule has 0 fully saturated rings. The number of hydrogen-bond donors (Lipinski definition) is 0. The van der Waals surface area contributed by atoms with Crippen molar-refractivity contribution in [3.05, 3.63) is 52.9 Å². The van der Waals surface area contributed by atoms with Crippen LogP contribution in [0, 0.1) is 0 Å². The first kappa shape index (κ1) is 11.5. The van der Waals surface area contributed by atoms with E-state index in [1.807, 2.05) is 0 Å². The predicted molar refractivity (Wildman–Crippen MR) is 58.8 cm³/mol. The highest BCUT2D eigenvalue weighted by Crippen LogP contribution is 2.24. The Bertz CT molecular complexity index is 533. The van der Waals surface area contributed by atoms with E-state index >= 15 is 0 Å². The first-order chi connectivity index (χ1) is 8.16. The highest BCUT2D eigenvalue weighted by molar-refractivity contribution is 6.32. The Morgan fingerprint density at radius 1 is 1.29 bits per heavy atom. The van der Waals surface area contributed by atoms with Gasteiger partial charge in [-0.3, -0.25) is 0 Å². The molecule has 0 aliphatic heterocycles. The maximum Gasteiger partial charge on any atom is 0.149 e. The minimum absolute atomic E-state index is 0.108. The second-order valence-corrected chi connectivity index (χ2v) is 3.68. The van der Waals surface area contributed by atoms with Crippen LogP contribution in [0.1, 0.15) is 16.3 Å². The van der Waals surface area contributed by atoms with Gasteiger partial charge in [0, 0.05) is 0 Å². The van der Waals surface area contributed by atoms with Crippen LogP contribution in [0.5, 0.6) is 5.75 Å². The average molecular weight is 252 g/mol. The van der Waals surface area contributed by atoms with Gasteiger partial charge in [-0.15, -0.1) is 0 Å². The maximum atomic E-state index is 10.5. The monoisotopic (exact) mass is 251 g/mol. The summed E-state index contributed by atoms with van der Waals surface area (Å²) in [6, 6.07) is 9.82. The van der Waals surface area contributed by atoms with Crippen LogP contribution in [0.3, 0.4) is 0 Å². The van der Waals surface area contributed by atoms with Crippen LogP contribution in [0.25, 0.3) is 0 Å². The number of carbonyl (C=O) groups excluding carboxylic acids is 1. The fraction of sp³-hybridized carbons (Fsp3) is 0.0833. The molecule has 0 saturated carbocycles. The summed E-state index contributed by atoms with van der Waals surface area (Å²) in [4.78, 5) is 10.5. The zero-order valence-electron chi connectivity index (χ0n) is 8.68. The van der Waals surface area contributed by atoms with Gasteiger partial charge in [0.15, 0.2) is 0 Å². The largest absolute Gasteiger partial charge is 0.542 e. The van der Waals surface area contributed by atoms with E-state index in [1.165, 1.54) is 12.1 Å². The van der Waals surface area contributed by atoms with Gasteiger partial charge in [-0.05, 0) is 24.3 Å². The van der Waals surface area contributed by atoms with Gasteiger partial charge in [-0.2, -0.15) is 0 Å². The second-order valence-electron chi connectivity index (χ2n) is 3.27. The van der Waals surface area contributed by atoms with Gasteiger partial charge in [-0.25, -0.2) is 0 Å². The molecule has 0 unspecified atom stereocenters. The fourth-order valence-corrected chi connectivity index (χ4v) is 1.47. The molecule has 1 heterocycles. The summed E-state index contributed by atoms with van der Waals surface area (Å²) in [5.41, 5.74) is 0. The molecular formula is C12H8ClO4-. The Balaban J connectivity index is 2.02. The van der Waals surface area contributed by atoms with Crippen molar-refractivity contribution in [3.8, 4) is 5.75 Å². The molecule has 17 heavy (non-hydrogen) atoms. The maximum absolute atomic E-state index is 10.5. The highest BCUT2D eigenvalue weighted by Gasteiger charge is 2.05. The Morgan fingerprint density at radius 2 is 2.06 bits per heavy atom. The normalized spacial score (nSPS) is 10.2. The van der Waals surface area contributed by atoms with Gasteiger partial charge < -0.3 is 19.1 Å². The lowest BCUT2D eigenvalue weighted by molar-refractivity contribution is -0.257. The number of carboxylic acids is 1. The van der Waals surface area contributed by atoms with Crippen molar-refractivity contribution in [2.45, 2.75) is 6.61 Å². The third-order valence-electron chi connectivity index (χ3n) is 2.07. The van der Waals surface area contributed by atoms with Crippen LogP contribution < -0.4 is 9.84 Å². The van der Waals surface area contributed by atoms with Crippen molar-refractivity contribution < 1.29 is 19.1 Å². The number of hydrogen-bond acceptors (Lipinski definition) is 4.